The van der Waals surface area contributed by atoms with Crippen LogP contribution in [0.4, 0.5) is 4.79 Å². The van der Waals surface area contributed by atoms with E-state index in [1.54, 1.807) is 0 Å². The van der Waals surface area contributed by atoms with Gasteiger partial charge in [0.2, 0.25) is 0 Å². The molecular formula is C14H26N2O3. The van der Waals surface area contributed by atoms with Crippen LogP contribution in [0.5, 0.6) is 0 Å². The molecule has 1 amide bonds. The standard InChI is InChI=1S/C14H26N2O3/c1-14(2,3)19-13(17)16-6-4-11(5-7-16)10-18-12-8-15-9-12/h11-12,15H,4-10H2,1-3H3. The number of likely N-dealkylation sites (tertiary alicyclic amines) is 1. The second-order valence-corrected chi connectivity index (χ2v) is 6.52. The van der Waals surface area contributed by atoms with Crippen molar-refractivity contribution in [3.63, 3.8) is 0 Å². The van der Waals surface area contributed by atoms with E-state index in [4.69, 9.17) is 9.47 Å². The zero-order chi connectivity index (χ0) is 13.9. The minimum atomic E-state index is -0.408. The van der Waals surface area contributed by atoms with Crippen molar-refractivity contribution in [2.45, 2.75) is 45.3 Å². The lowest BCUT2D eigenvalue weighted by Crippen LogP contribution is -2.49. The van der Waals surface area contributed by atoms with Gasteiger partial charge >= 0.3 is 6.09 Å². The van der Waals surface area contributed by atoms with Crippen LogP contribution in [0, 0.1) is 5.92 Å². The van der Waals surface area contributed by atoms with E-state index in [0.717, 1.165) is 45.6 Å². The summed E-state index contributed by atoms with van der Waals surface area (Å²) in [5.41, 5.74) is -0.408. The Morgan fingerprint density at radius 3 is 2.37 bits per heavy atom. The van der Waals surface area contributed by atoms with Gasteiger partial charge in [-0.2, -0.15) is 0 Å². The number of nitrogens with zero attached hydrogens (tertiary/aromatic N) is 1. The van der Waals surface area contributed by atoms with Crippen LogP contribution in [-0.2, 0) is 9.47 Å². The van der Waals surface area contributed by atoms with Crippen LogP contribution in [0.3, 0.4) is 0 Å². The molecule has 19 heavy (non-hydrogen) atoms. The van der Waals surface area contributed by atoms with Gasteiger partial charge < -0.3 is 19.7 Å². The number of carbonyl (C=O) groups is 1. The van der Waals surface area contributed by atoms with Crippen molar-refractivity contribution in [3.05, 3.63) is 0 Å². The SMILES string of the molecule is CC(C)(C)OC(=O)N1CCC(COC2CNC2)CC1. The van der Waals surface area contributed by atoms with Crippen molar-refractivity contribution < 1.29 is 14.3 Å². The Hall–Kier alpha value is -0.810. The number of amides is 1. The van der Waals surface area contributed by atoms with Crippen molar-refractivity contribution in [3.8, 4) is 0 Å². The summed E-state index contributed by atoms with van der Waals surface area (Å²) in [6, 6.07) is 0. The Balaban J connectivity index is 1.65. The highest BCUT2D eigenvalue weighted by Crippen LogP contribution is 2.20. The second kappa shape index (κ2) is 6.09. The van der Waals surface area contributed by atoms with Gasteiger partial charge in [0, 0.05) is 26.2 Å². The fourth-order valence-corrected chi connectivity index (χ4v) is 2.26. The number of carbonyl (C=O) groups excluding carboxylic acids is 1. The zero-order valence-electron chi connectivity index (χ0n) is 12.3. The Morgan fingerprint density at radius 1 is 1.26 bits per heavy atom. The van der Waals surface area contributed by atoms with Crippen molar-refractivity contribution in [1.82, 2.24) is 10.2 Å². The lowest BCUT2D eigenvalue weighted by Gasteiger charge is -2.35. The van der Waals surface area contributed by atoms with Gasteiger partial charge in [0.05, 0.1) is 12.7 Å². The molecule has 0 aromatic rings. The Morgan fingerprint density at radius 2 is 1.89 bits per heavy atom. The van der Waals surface area contributed by atoms with Gasteiger partial charge in [-0.3, -0.25) is 0 Å². The van der Waals surface area contributed by atoms with Gasteiger partial charge in [0.1, 0.15) is 5.60 Å². The number of rotatable bonds is 3. The first-order chi connectivity index (χ1) is 8.94. The van der Waals surface area contributed by atoms with Crippen LogP contribution in [-0.4, -0.2) is 55.5 Å². The highest BCUT2D eigenvalue weighted by Gasteiger charge is 2.27. The fourth-order valence-electron chi connectivity index (χ4n) is 2.26. The molecule has 2 aliphatic heterocycles. The summed E-state index contributed by atoms with van der Waals surface area (Å²) < 4.78 is 11.2. The molecule has 0 saturated carbocycles. The quantitative estimate of drug-likeness (QED) is 0.846. The summed E-state index contributed by atoms with van der Waals surface area (Å²) in [5, 5.41) is 3.20. The van der Waals surface area contributed by atoms with E-state index in [9.17, 15) is 4.79 Å². The van der Waals surface area contributed by atoms with Gasteiger partial charge in [-0.25, -0.2) is 4.79 Å². The zero-order valence-corrected chi connectivity index (χ0v) is 12.3. The molecule has 110 valence electrons. The first-order valence-corrected chi connectivity index (χ1v) is 7.24. The Labute approximate surface area is 115 Å². The molecule has 2 saturated heterocycles. The lowest BCUT2D eigenvalue weighted by molar-refractivity contribution is -0.0180. The van der Waals surface area contributed by atoms with E-state index in [1.807, 2.05) is 25.7 Å². The minimum absolute atomic E-state index is 0.185. The van der Waals surface area contributed by atoms with Crippen LogP contribution in [0.15, 0.2) is 0 Å². The van der Waals surface area contributed by atoms with Crippen LogP contribution < -0.4 is 5.32 Å². The predicted octanol–water partition coefficient (Wildman–Crippen LogP) is 1.62. The molecule has 1 N–H and O–H groups in total. The number of piperidine rings is 1. The molecule has 2 heterocycles. The van der Waals surface area contributed by atoms with Crippen LogP contribution in [0.25, 0.3) is 0 Å². The average Bonchev–Trinajstić information content (AvgIpc) is 2.25. The van der Waals surface area contributed by atoms with Gasteiger partial charge in [0.15, 0.2) is 0 Å². The fraction of sp³-hybridized carbons (Fsp3) is 0.929. The van der Waals surface area contributed by atoms with E-state index in [0.29, 0.717) is 12.0 Å². The van der Waals surface area contributed by atoms with Crippen molar-refractivity contribution in [1.29, 1.82) is 0 Å². The predicted molar refractivity (Wildman–Crippen MR) is 73.1 cm³/mol. The van der Waals surface area contributed by atoms with Gasteiger partial charge in [-0.1, -0.05) is 0 Å². The third kappa shape index (κ3) is 4.66. The van der Waals surface area contributed by atoms with Crippen LogP contribution in [0.1, 0.15) is 33.6 Å². The van der Waals surface area contributed by atoms with E-state index in [-0.39, 0.29) is 6.09 Å². The van der Waals surface area contributed by atoms with Gasteiger partial charge in [-0.15, -0.1) is 0 Å². The average molecular weight is 270 g/mol. The summed E-state index contributed by atoms with van der Waals surface area (Å²) in [6.45, 7) is 10.1. The number of nitrogens with one attached hydrogen (secondary N) is 1. The Bertz CT molecular complexity index is 302. The van der Waals surface area contributed by atoms with Crippen molar-refractivity contribution in [2.75, 3.05) is 32.8 Å². The third-order valence-electron chi connectivity index (χ3n) is 3.58. The molecule has 0 aromatic heterocycles. The third-order valence-corrected chi connectivity index (χ3v) is 3.58. The summed E-state index contributed by atoms with van der Waals surface area (Å²) >= 11 is 0. The van der Waals surface area contributed by atoms with E-state index in [1.165, 1.54) is 0 Å². The molecular weight excluding hydrogens is 244 g/mol. The molecule has 2 aliphatic rings. The lowest BCUT2D eigenvalue weighted by atomic mass is 9.98. The maximum absolute atomic E-state index is 11.9. The molecule has 0 atom stereocenters. The normalized spacial score (nSPS) is 22.2. The largest absolute Gasteiger partial charge is 0.444 e. The summed E-state index contributed by atoms with van der Waals surface area (Å²) in [4.78, 5) is 13.7. The molecule has 5 heteroatoms. The van der Waals surface area contributed by atoms with E-state index >= 15 is 0 Å². The summed E-state index contributed by atoms with van der Waals surface area (Å²) in [5.74, 6) is 0.583. The first-order valence-electron chi connectivity index (χ1n) is 7.24. The second-order valence-electron chi connectivity index (χ2n) is 6.52. The summed E-state index contributed by atoms with van der Waals surface area (Å²) in [6.07, 6.45) is 2.25. The summed E-state index contributed by atoms with van der Waals surface area (Å²) in [7, 11) is 0. The molecule has 5 nitrogen and oxygen atoms in total. The maximum atomic E-state index is 11.9. The van der Waals surface area contributed by atoms with Crippen LogP contribution >= 0.6 is 0 Å². The van der Waals surface area contributed by atoms with E-state index in [2.05, 4.69) is 5.32 Å². The van der Waals surface area contributed by atoms with Gasteiger partial charge in [-0.05, 0) is 39.5 Å². The number of ether oxygens (including phenoxy) is 2. The molecule has 2 fully saturated rings. The molecule has 0 aliphatic carbocycles. The molecule has 0 aromatic carbocycles. The molecule has 0 unspecified atom stereocenters. The smallest absolute Gasteiger partial charge is 0.410 e. The Kier molecular flexibility index (Phi) is 4.68. The van der Waals surface area contributed by atoms with Crippen molar-refractivity contribution >= 4 is 6.09 Å². The van der Waals surface area contributed by atoms with Gasteiger partial charge in [0.25, 0.3) is 0 Å². The maximum Gasteiger partial charge on any atom is 0.410 e. The highest BCUT2D eigenvalue weighted by molar-refractivity contribution is 5.68. The molecule has 2 rings (SSSR count). The number of hydrogen-bond acceptors (Lipinski definition) is 4. The van der Waals surface area contributed by atoms with E-state index < -0.39 is 5.60 Å². The molecule has 0 bridgehead atoms. The van der Waals surface area contributed by atoms with Crippen LogP contribution in [0.2, 0.25) is 0 Å². The molecule has 0 spiro atoms. The monoisotopic (exact) mass is 270 g/mol. The van der Waals surface area contributed by atoms with Crippen molar-refractivity contribution in [2.24, 2.45) is 5.92 Å². The first kappa shape index (κ1) is 14.6. The minimum Gasteiger partial charge on any atom is -0.444 e. The highest BCUT2D eigenvalue weighted by atomic mass is 16.6. The molecule has 0 radical (unpaired) electrons. The number of hydrogen-bond donors (Lipinski definition) is 1. The topological polar surface area (TPSA) is 50.8 Å².